The van der Waals surface area contributed by atoms with E-state index in [1.54, 1.807) is 29.2 Å². The van der Waals surface area contributed by atoms with Crippen molar-refractivity contribution < 1.29 is 28.9 Å². The van der Waals surface area contributed by atoms with Crippen molar-refractivity contribution in [1.82, 2.24) is 9.80 Å². The number of rotatable bonds is 9. The van der Waals surface area contributed by atoms with Crippen LogP contribution in [-0.4, -0.2) is 78.7 Å². The topological polar surface area (TPSA) is 88.5 Å². The molecule has 5 rings (SSSR count). The molecule has 0 spiro atoms. The Morgan fingerprint density at radius 3 is 2.63 bits per heavy atom. The first kappa shape index (κ1) is 26.0. The third-order valence-electron chi connectivity index (χ3n) is 7.25. The van der Waals surface area contributed by atoms with Crippen LogP contribution in [-0.2, 0) is 20.7 Å². The molecular formula is C30H34N2O6. The summed E-state index contributed by atoms with van der Waals surface area (Å²) in [5.74, 6) is 0.00732. The second kappa shape index (κ2) is 11.4. The van der Waals surface area contributed by atoms with Crippen molar-refractivity contribution >= 4 is 17.4 Å². The van der Waals surface area contributed by atoms with E-state index in [-0.39, 0.29) is 17.4 Å². The minimum Gasteiger partial charge on any atom is -0.507 e. The number of Topliss-reactive ketones (excluding diaryl/α,β-unsaturated/α-hetero) is 1. The van der Waals surface area contributed by atoms with E-state index in [1.165, 1.54) is 0 Å². The van der Waals surface area contributed by atoms with Crippen LogP contribution >= 0.6 is 0 Å². The first-order valence-corrected chi connectivity index (χ1v) is 13.2. The Kier molecular flexibility index (Phi) is 7.81. The van der Waals surface area contributed by atoms with Crippen LogP contribution in [0.25, 0.3) is 5.76 Å². The van der Waals surface area contributed by atoms with Crippen molar-refractivity contribution in [3.8, 4) is 11.5 Å². The van der Waals surface area contributed by atoms with Crippen LogP contribution in [0, 0.1) is 0 Å². The van der Waals surface area contributed by atoms with Crippen LogP contribution in [0.15, 0.2) is 60.7 Å². The van der Waals surface area contributed by atoms with E-state index < -0.39 is 17.7 Å². The molecule has 8 nitrogen and oxygen atoms in total. The maximum atomic E-state index is 13.4. The smallest absolute Gasteiger partial charge is 0.295 e. The number of carbonyl (C=O) groups is 2. The van der Waals surface area contributed by atoms with Crippen molar-refractivity contribution in [2.75, 3.05) is 46.0 Å². The fourth-order valence-corrected chi connectivity index (χ4v) is 5.37. The molecule has 2 aromatic rings. The van der Waals surface area contributed by atoms with Gasteiger partial charge in [-0.25, -0.2) is 0 Å². The van der Waals surface area contributed by atoms with Gasteiger partial charge >= 0.3 is 0 Å². The van der Waals surface area contributed by atoms with Gasteiger partial charge in [-0.1, -0.05) is 24.8 Å². The molecule has 0 aliphatic carbocycles. The Morgan fingerprint density at radius 2 is 1.89 bits per heavy atom. The lowest BCUT2D eigenvalue weighted by Crippen LogP contribution is -2.38. The van der Waals surface area contributed by atoms with Gasteiger partial charge in [0.15, 0.2) is 0 Å². The van der Waals surface area contributed by atoms with Crippen molar-refractivity contribution in [3.63, 3.8) is 0 Å². The number of ether oxygens (including phenoxy) is 3. The molecule has 1 amide bonds. The Morgan fingerprint density at radius 1 is 1.13 bits per heavy atom. The minimum atomic E-state index is -0.698. The zero-order chi connectivity index (χ0) is 26.6. The number of likely N-dealkylation sites (tertiary alicyclic amines) is 1. The van der Waals surface area contributed by atoms with E-state index in [0.29, 0.717) is 44.1 Å². The third kappa shape index (κ3) is 5.33. The monoisotopic (exact) mass is 518 g/mol. The van der Waals surface area contributed by atoms with Gasteiger partial charge in [-0.3, -0.25) is 14.5 Å². The summed E-state index contributed by atoms with van der Waals surface area (Å²) in [5, 5.41) is 11.4. The summed E-state index contributed by atoms with van der Waals surface area (Å²) in [6.45, 7) is 10.4. The van der Waals surface area contributed by atoms with Gasteiger partial charge in [0.05, 0.1) is 24.8 Å². The number of nitrogens with zero attached hydrogens (tertiary/aromatic N) is 2. The van der Waals surface area contributed by atoms with E-state index >= 15 is 0 Å². The molecule has 3 aliphatic rings. The predicted molar refractivity (Wildman–Crippen MR) is 143 cm³/mol. The van der Waals surface area contributed by atoms with Gasteiger partial charge in [0.1, 0.15) is 30.0 Å². The summed E-state index contributed by atoms with van der Waals surface area (Å²) in [6.07, 6.45) is 3.15. The van der Waals surface area contributed by atoms with E-state index in [9.17, 15) is 14.7 Å². The molecular weight excluding hydrogens is 484 g/mol. The zero-order valence-corrected chi connectivity index (χ0v) is 21.7. The first-order valence-electron chi connectivity index (χ1n) is 13.2. The minimum absolute atomic E-state index is 0.0567. The molecule has 0 saturated carbocycles. The van der Waals surface area contributed by atoms with Crippen molar-refractivity contribution in [2.24, 2.45) is 0 Å². The zero-order valence-electron chi connectivity index (χ0n) is 21.7. The quantitative estimate of drug-likeness (QED) is 0.234. The second-order valence-electron chi connectivity index (χ2n) is 9.92. The van der Waals surface area contributed by atoms with Gasteiger partial charge < -0.3 is 24.2 Å². The van der Waals surface area contributed by atoms with Gasteiger partial charge in [0, 0.05) is 38.2 Å². The average Bonchev–Trinajstić information content (AvgIpc) is 3.43. The lowest BCUT2D eigenvalue weighted by atomic mass is 9.94. The molecule has 8 heteroatoms. The normalized spacial score (nSPS) is 22.8. The maximum absolute atomic E-state index is 13.4. The fourth-order valence-electron chi connectivity index (χ4n) is 5.37. The molecule has 1 N–H and O–H groups in total. The van der Waals surface area contributed by atoms with Crippen LogP contribution in [0.2, 0.25) is 0 Å². The number of benzene rings is 2. The van der Waals surface area contributed by atoms with E-state index in [4.69, 9.17) is 14.2 Å². The van der Waals surface area contributed by atoms with Gasteiger partial charge in [0.2, 0.25) is 0 Å². The molecule has 38 heavy (non-hydrogen) atoms. The van der Waals surface area contributed by atoms with E-state index in [0.717, 1.165) is 42.9 Å². The van der Waals surface area contributed by atoms with Crippen molar-refractivity contribution in [2.45, 2.75) is 31.9 Å². The number of ketones is 1. The molecule has 200 valence electrons. The summed E-state index contributed by atoms with van der Waals surface area (Å²) in [4.78, 5) is 30.6. The van der Waals surface area contributed by atoms with Crippen LogP contribution in [0.1, 0.15) is 36.1 Å². The summed E-state index contributed by atoms with van der Waals surface area (Å²) >= 11 is 0. The number of hydrogen-bond acceptors (Lipinski definition) is 7. The lowest BCUT2D eigenvalue weighted by Gasteiger charge is -2.29. The van der Waals surface area contributed by atoms with Gasteiger partial charge in [-0.15, -0.1) is 0 Å². The number of amides is 1. The summed E-state index contributed by atoms with van der Waals surface area (Å²) in [5.41, 5.74) is 2.32. The van der Waals surface area contributed by atoms with Gasteiger partial charge in [0.25, 0.3) is 11.7 Å². The second-order valence-corrected chi connectivity index (χ2v) is 9.92. The van der Waals surface area contributed by atoms with Gasteiger partial charge in [-0.05, 0) is 54.8 Å². The first-order chi connectivity index (χ1) is 18.5. The highest BCUT2D eigenvalue weighted by molar-refractivity contribution is 6.46. The molecule has 2 aromatic carbocycles. The molecule has 0 aromatic heterocycles. The molecule has 2 saturated heterocycles. The summed E-state index contributed by atoms with van der Waals surface area (Å²) in [6, 6.07) is 12.0. The molecule has 2 atom stereocenters. The Balaban J connectivity index is 1.47. The van der Waals surface area contributed by atoms with Crippen LogP contribution in [0.5, 0.6) is 11.5 Å². The molecule has 2 fully saturated rings. The molecule has 0 bridgehead atoms. The Labute approximate surface area is 223 Å². The highest BCUT2D eigenvalue weighted by Gasteiger charge is 2.46. The van der Waals surface area contributed by atoms with Crippen LogP contribution in [0.3, 0.4) is 0 Å². The number of morpholine rings is 1. The van der Waals surface area contributed by atoms with Gasteiger partial charge in [-0.2, -0.15) is 0 Å². The predicted octanol–water partition coefficient (Wildman–Crippen LogP) is 3.72. The number of aliphatic hydroxyl groups is 1. The fraction of sp³-hybridized carbons (Fsp3) is 0.400. The van der Waals surface area contributed by atoms with Crippen molar-refractivity contribution in [3.05, 3.63) is 77.4 Å². The molecule has 3 heterocycles. The standard InChI is InChI=1S/C30H34N2O6/c1-3-15-37-24-8-5-21(6-9-24)27-26(28(33)22-7-10-25-23(19-22)18-20(2)38-25)29(34)30(35)32(27)12-4-11-31-13-16-36-17-14-31/h3,5-10,19-20,27,33H,1,4,11-18H2,2H3/t20-,27-/m0/s1. The lowest BCUT2D eigenvalue weighted by molar-refractivity contribution is -0.140. The Hall–Kier alpha value is -3.62. The number of fused-ring (bicyclic) bond motifs is 1. The van der Waals surface area contributed by atoms with E-state index in [1.807, 2.05) is 31.2 Å². The molecule has 3 aliphatic heterocycles. The highest BCUT2D eigenvalue weighted by atomic mass is 16.5. The molecule has 0 radical (unpaired) electrons. The van der Waals surface area contributed by atoms with Crippen LogP contribution in [0.4, 0.5) is 0 Å². The number of aliphatic hydroxyl groups excluding tert-OH is 1. The SMILES string of the molecule is C=CCOc1ccc([C@H]2C(=C(O)c3ccc4c(c3)C[C@H](C)O4)C(=O)C(=O)N2CCCN2CCOCC2)cc1. The largest absolute Gasteiger partial charge is 0.507 e. The summed E-state index contributed by atoms with van der Waals surface area (Å²) < 4.78 is 16.8. The molecule has 0 unspecified atom stereocenters. The number of carbonyl (C=O) groups excluding carboxylic acids is 2. The van der Waals surface area contributed by atoms with E-state index in [2.05, 4.69) is 11.5 Å². The Bertz CT molecular complexity index is 1230. The third-order valence-corrected chi connectivity index (χ3v) is 7.25. The summed E-state index contributed by atoms with van der Waals surface area (Å²) in [7, 11) is 0. The maximum Gasteiger partial charge on any atom is 0.295 e. The van der Waals surface area contributed by atoms with Crippen LogP contribution < -0.4 is 9.47 Å². The average molecular weight is 519 g/mol. The highest BCUT2D eigenvalue weighted by Crippen LogP contribution is 2.41. The number of hydrogen-bond donors (Lipinski definition) is 1. The van der Waals surface area contributed by atoms with Crippen molar-refractivity contribution in [1.29, 1.82) is 0 Å².